The monoisotopic (exact) mass is 355 g/mol. The van der Waals surface area contributed by atoms with Crippen molar-refractivity contribution in [2.24, 2.45) is 34.0 Å². The average molecular weight is 355 g/mol. The molecule has 9 rings (SSSR count). The van der Waals surface area contributed by atoms with Gasteiger partial charge in [-0.15, -0.1) is 0 Å². The summed E-state index contributed by atoms with van der Waals surface area (Å²) in [5.74, 6) is 1.98. The molecule has 9 atom stereocenters. The number of allylic oxidation sites excluding steroid dienone is 1. The minimum atomic E-state index is -0.246. The lowest BCUT2D eigenvalue weighted by molar-refractivity contribution is -0.404. The molecule has 4 heteroatoms. The van der Waals surface area contributed by atoms with Crippen LogP contribution in [0.1, 0.15) is 51.9 Å². The standard InChI is InChI=1S/C22H29NO3/c1-12-13-4-7-22(17(12)24)15(10-13)21-6-3-5-20(2)14(21)11-16(22)26-19(21)23-8-9-25-18(20)23/h13-16,18-19H,1,3-11H2,2H3/t13-,14?,15?,16+,18?,19?,20+,21-,22+/m0/s1. The van der Waals surface area contributed by atoms with Crippen LogP contribution in [0.3, 0.4) is 0 Å². The zero-order valence-electron chi connectivity index (χ0n) is 15.7. The van der Waals surface area contributed by atoms with Gasteiger partial charge >= 0.3 is 0 Å². The zero-order valence-corrected chi connectivity index (χ0v) is 15.7. The molecule has 9 aliphatic rings. The molecule has 4 unspecified atom stereocenters. The SMILES string of the molecule is C=C1C(=O)[C@]23CC[C@H]1CC2[C@@]12CCC[C@@]4(C)C5OCCN5C1O[C@@H]3CC42. The Kier molecular flexibility index (Phi) is 2.53. The Morgan fingerprint density at radius 1 is 1.15 bits per heavy atom. The fourth-order valence-corrected chi connectivity index (χ4v) is 9.47. The summed E-state index contributed by atoms with van der Waals surface area (Å²) in [5, 5.41) is 0. The summed E-state index contributed by atoms with van der Waals surface area (Å²) in [4.78, 5) is 16.1. The minimum absolute atomic E-state index is 0.105. The first-order valence-electron chi connectivity index (χ1n) is 10.8. The van der Waals surface area contributed by atoms with E-state index in [4.69, 9.17) is 9.47 Å². The summed E-state index contributed by atoms with van der Waals surface area (Å²) < 4.78 is 13.2. The average Bonchev–Trinajstić information content (AvgIpc) is 3.14. The molecule has 7 bridgehead atoms. The third-order valence-electron chi connectivity index (χ3n) is 10.2. The molecule has 140 valence electrons. The van der Waals surface area contributed by atoms with E-state index < -0.39 is 0 Å². The molecule has 0 N–H and O–H groups in total. The Balaban J connectivity index is 1.46. The van der Waals surface area contributed by atoms with E-state index in [1.54, 1.807) is 0 Å². The number of piperidine rings is 1. The number of rotatable bonds is 0. The van der Waals surface area contributed by atoms with E-state index in [9.17, 15) is 4.79 Å². The van der Waals surface area contributed by atoms with Crippen LogP contribution >= 0.6 is 0 Å². The highest BCUT2D eigenvalue weighted by Crippen LogP contribution is 2.78. The maximum Gasteiger partial charge on any atom is 0.167 e. The molecule has 4 heterocycles. The van der Waals surface area contributed by atoms with Crippen molar-refractivity contribution in [2.45, 2.75) is 70.4 Å². The molecular formula is C22H29NO3. The van der Waals surface area contributed by atoms with E-state index in [2.05, 4.69) is 18.4 Å². The van der Waals surface area contributed by atoms with Crippen LogP contribution in [0.4, 0.5) is 0 Å². The fourth-order valence-electron chi connectivity index (χ4n) is 9.47. The highest BCUT2D eigenvalue weighted by atomic mass is 16.6. The van der Waals surface area contributed by atoms with E-state index in [0.717, 1.165) is 38.0 Å². The lowest BCUT2D eigenvalue weighted by atomic mass is 9.32. The fraction of sp³-hybridized carbons (Fsp3) is 0.864. The van der Waals surface area contributed by atoms with Crippen LogP contribution in [0.5, 0.6) is 0 Å². The second-order valence-corrected chi connectivity index (χ2v) is 10.6. The van der Waals surface area contributed by atoms with Gasteiger partial charge in [-0.05, 0) is 61.9 Å². The van der Waals surface area contributed by atoms with Gasteiger partial charge in [-0.1, -0.05) is 19.9 Å². The summed E-state index contributed by atoms with van der Waals surface area (Å²) >= 11 is 0. The van der Waals surface area contributed by atoms with Gasteiger partial charge in [0.05, 0.1) is 18.1 Å². The van der Waals surface area contributed by atoms with Crippen molar-refractivity contribution >= 4 is 5.78 Å². The van der Waals surface area contributed by atoms with Gasteiger partial charge in [-0.3, -0.25) is 4.79 Å². The molecule has 4 nitrogen and oxygen atoms in total. The molecule has 5 saturated carbocycles. The van der Waals surface area contributed by atoms with Crippen molar-refractivity contribution < 1.29 is 14.3 Å². The second kappa shape index (κ2) is 4.31. The van der Waals surface area contributed by atoms with E-state index in [-0.39, 0.29) is 34.8 Å². The molecule has 26 heavy (non-hydrogen) atoms. The van der Waals surface area contributed by atoms with Crippen molar-refractivity contribution in [2.75, 3.05) is 13.2 Å². The van der Waals surface area contributed by atoms with Gasteiger partial charge < -0.3 is 9.47 Å². The highest BCUT2D eigenvalue weighted by molar-refractivity contribution is 6.02. The zero-order chi connectivity index (χ0) is 17.5. The number of hydrogen-bond donors (Lipinski definition) is 0. The van der Waals surface area contributed by atoms with Gasteiger partial charge in [-0.2, -0.15) is 0 Å². The molecule has 0 radical (unpaired) electrons. The summed E-state index contributed by atoms with van der Waals surface area (Å²) in [7, 11) is 0. The number of nitrogens with zero attached hydrogens (tertiary/aromatic N) is 1. The van der Waals surface area contributed by atoms with Gasteiger partial charge in [-0.25, -0.2) is 4.90 Å². The Hall–Kier alpha value is -0.710. The molecule has 4 aliphatic heterocycles. The smallest absolute Gasteiger partial charge is 0.167 e. The number of ether oxygens (including phenoxy) is 2. The number of carbonyl (C=O) groups excluding carboxylic acids is 1. The molecular weight excluding hydrogens is 326 g/mol. The molecule has 0 amide bonds. The quantitative estimate of drug-likeness (QED) is 0.626. The Labute approximate surface area is 155 Å². The minimum Gasteiger partial charge on any atom is -0.361 e. The van der Waals surface area contributed by atoms with Crippen molar-refractivity contribution in [1.82, 2.24) is 4.90 Å². The maximum absolute atomic E-state index is 13.5. The molecule has 0 aromatic heterocycles. The van der Waals surface area contributed by atoms with Crippen LogP contribution in [0, 0.1) is 34.0 Å². The van der Waals surface area contributed by atoms with Gasteiger partial charge in [0.1, 0.15) is 12.5 Å². The van der Waals surface area contributed by atoms with Crippen molar-refractivity contribution in [3.63, 3.8) is 0 Å². The molecule has 2 spiro atoms. The van der Waals surface area contributed by atoms with Crippen LogP contribution in [0.25, 0.3) is 0 Å². The number of ketones is 1. The Bertz CT molecular complexity index is 750. The van der Waals surface area contributed by atoms with E-state index in [1.165, 1.54) is 25.7 Å². The normalized spacial score (nSPS) is 62.3. The Morgan fingerprint density at radius 3 is 2.92 bits per heavy atom. The van der Waals surface area contributed by atoms with Crippen molar-refractivity contribution in [3.05, 3.63) is 12.2 Å². The van der Waals surface area contributed by atoms with E-state index in [0.29, 0.717) is 23.5 Å². The van der Waals surface area contributed by atoms with E-state index in [1.807, 2.05) is 0 Å². The van der Waals surface area contributed by atoms with Gasteiger partial charge in [0.15, 0.2) is 5.78 Å². The molecule has 0 aromatic carbocycles. The number of hydrogen-bond acceptors (Lipinski definition) is 4. The third-order valence-corrected chi connectivity index (χ3v) is 10.2. The molecule has 4 saturated heterocycles. The van der Waals surface area contributed by atoms with Gasteiger partial charge in [0.25, 0.3) is 0 Å². The Morgan fingerprint density at radius 2 is 2.04 bits per heavy atom. The topological polar surface area (TPSA) is 38.8 Å². The number of Topliss-reactive ketones (excluding diaryl/α,β-unsaturated/α-hetero) is 1. The first kappa shape index (κ1) is 15.2. The molecule has 5 aliphatic carbocycles. The lowest BCUT2D eigenvalue weighted by Gasteiger charge is -2.78. The van der Waals surface area contributed by atoms with Crippen molar-refractivity contribution in [1.29, 1.82) is 0 Å². The summed E-state index contributed by atoms with van der Waals surface area (Å²) in [6.45, 7) is 8.55. The van der Waals surface area contributed by atoms with Gasteiger partial charge in [0.2, 0.25) is 0 Å². The van der Waals surface area contributed by atoms with Crippen LogP contribution in [-0.4, -0.2) is 42.4 Å². The molecule has 9 fully saturated rings. The third kappa shape index (κ3) is 1.27. The largest absolute Gasteiger partial charge is 0.361 e. The number of fused-ring (bicyclic) bond motifs is 4. The maximum atomic E-state index is 13.5. The van der Waals surface area contributed by atoms with Gasteiger partial charge in [0, 0.05) is 17.4 Å². The van der Waals surface area contributed by atoms with E-state index >= 15 is 0 Å². The second-order valence-electron chi connectivity index (χ2n) is 10.6. The lowest BCUT2D eigenvalue weighted by Crippen LogP contribution is -2.82. The van der Waals surface area contributed by atoms with Crippen LogP contribution < -0.4 is 0 Å². The summed E-state index contributed by atoms with van der Waals surface area (Å²) in [6.07, 6.45) is 8.74. The predicted octanol–water partition coefficient (Wildman–Crippen LogP) is 3.12. The summed E-state index contributed by atoms with van der Waals surface area (Å²) in [5.41, 5.74) is 1.07. The molecule has 0 aromatic rings. The van der Waals surface area contributed by atoms with Crippen molar-refractivity contribution in [3.8, 4) is 0 Å². The van der Waals surface area contributed by atoms with Crippen LogP contribution in [0.15, 0.2) is 12.2 Å². The van der Waals surface area contributed by atoms with Crippen LogP contribution in [0.2, 0.25) is 0 Å². The highest BCUT2D eigenvalue weighted by Gasteiger charge is 2.81. The predicted molar refractivity (Wildman–Crippen MR) is 95.0 cm³/mol. The number of carbonyl (C=O) groups is 1. The first-order chi connectivity index (χ1) is 12.5. The van der Waals surface area contributed by atoms with Crippen LogP contribution in [-0.2, 0) is 14.3 Å². The summed E-state index contributed by atoms with van der Waals surface area (Å²) in [6, 6.07) is 0. The first-order valence-corrected chi connectivity index (χ1v) is 10.8.